The van der Waals surface area contributed by atoms with Gasteiger partial charge in [0.05, 0.1) is 9.92 Å². The van der Waals surface area contributed by atoms with Gasteiger partial charge in [-0.15, -0.1) is 0 Å². The second-order valence-corrected chi connectivity index (χ2v) is 6.29. The summed E-state index contributed by atoms with van der Waals surface area (Å²) in [7, 11) is -3.86. The average Bonchev–Trinajstić information content (AvgIpc) is 2.86. The van der Waals surface area contributed by atoms with Crippen molar-refractivity contribution in [3.05, 3.63) is 53.6 Å². The van der Waals surface area contributed by atoms with Crippen LogP contribution in [0.1, 0.15) is 0 Å². The molecule has 0 aliphatic heterocycles. The quantitative estimate of drug-likeness (QED) is 0.682. The topological polar surface area (TPSA) is 64.3 Å². The van der Waals surface area contributed by atoms with Gasteiger partial charge in [0.1, 0.15) is 5.82 Å². The van der Waals surface area contributed by atoms with Crippen LogP contribution in [-0.2, 0) is 9.84 Å². The summed E-state index contributed by atoms with van der Waals surface area (Å²) in [5.74, 6) is -0.678. The average molecular weight is 312 g/mol. The van der Waals surface area contributed by atoms with E-state index in [4.69, 9.17) is 11.6 Å². The molecule has 0 aliphatic rings. The monoisotopic (exact) mass is 311 g/mol. The summed E-state index contributed by atoms with van der Waals surface area (Å²) in [6, 6.07) is 6.18. The van der Waals surface area contributed by atoms with Crippen molar-refractivity contribution in [2.24, 2.45) is 0 Å². The van der Waals surface area contributed by atoms with E-state index in [-0.39, 0.29) is 14.9 Å². The number of aromatic nitrogens is 3. The fourth-order valence-electron chi connectivity index (χ4n) is 1.70. The summed E-state index contributed by atoms with van der Waals surface area (Å²) in [6.45, 7) is 0. The van der Waals surface area contributed by atoms with Crippen LogP contribution in [0.4, 0.5) is 4.39 Å². The zero-order chi connectivity index (χ0) is 14.3. The molecular weight excluding hydrogens is 305 g/mol. The minimum Gasteiger partial charge on any atom is -0.237 e. The van der Waals surface area contributed by atoms with Gasteiger partial charge in [-0.3, -0.25) is 0 Å². The molecule has 3 rings (SSSR count). The van der Waals surface area contributed by atoms with Gasteiger partial charge in [0.2, 0.25) is 9.84 Å². The summed E-state index contributed by atoms with van der Waals surface area (Å²) in [6.07, 6.45) is 3.11. The predicted octanol–water partition coefficient (Wildman–Crippen LogP) is 2.35. The van der Waals surface area contributed by atoms with Gasteiger partial charge in [0.25, 0.3) is 0 Å². The molecule has 20 heavy (non-hydrogen) atoms. The van der Waals surface area contributed by atoms with E-state index in [0.717, 1.165) is 18.2 Å². The SMILES string of the molecule is O=S(=O)(c1ccc(F)c(Cl)c1)c1cc2ncccn2n1. The molecule has 0 aliphatic carbocycles. The lowest BCUT2D eigenvalue weighted by Crippen LogP contribution is -2.03. The molecule has 0 unspecified atom stereocenters. The number of nitrogens with zero attached hydrogens (tertiary/aromatic N) is 3. The smallest absolute Gasteiger partial charge is 0.225 e. The highest BCUT2D eigenvalue weighted by Crippen LogP contribution is 2.24. The first-order chi connectivity index (χ1) is 9.48. The first kappa shape index (κ1) is 13.0. The Morgan fingerprint density at radius 1 is 1.25 bits per heavy atom. The van der Waals surface area contributed by atoms with Gasteiger partial charge in [0.15, 0.2) is 10.7 Å². The van der Waals surface area contributed by atoms with Crippen molar-refractivity contribution >= 4 is 27.1 Å². The van der Waals surface area contributed by atoms with E-state index in [0.29, 0.717) is 5.65 Å². The maximum atomic E-state index is 13.1. The Balaban J connectivity index is 2.17. The first-order valence-corrected chi connectivity index (χ1v) is 7.35. The Morgan fingerprint density at radius 2 is 2.05 bits per heavy atom. The second-order valence-electron chi connectivity index (χ2n) is 3.98. The zero-order valence-corrected chi connectivity index (χ0v) is 11.4. The number of hydrogen-bond acceptors (Lipinski definition) is 4. The molecule has 0 spiro atoms. The number of benzene rings is 1. The number of halogens is 2. The normalized spacial score (nSPS) is 11.9. The highest BCUT2D eigenvalue weighted by atomic mass is 35.5. The molecule has 5 nitrogen and oxygen atoms in total. The van der Waals surface area contributed by atoms with E-state index in [9.17, 15) is 12.8 Å². The van der Waals surface area contributed by atoms with Crippen LogP contribution in [0.2, 0.25) is 5.02 Å². The first-order valence-electron chi connectivity index (χ1n) is 5.49. The van der Waals surface area contributed by atoms with Crippen molar-refractivity contribution in [2.45, 2.75) is 9.92 Å². The highest BCUT2D eigenvalue weighted by molar-refractivity contribution is 7.91. The lowest BCUT2D eigenvalue weighted by molar-refractivity contribution is 0.590. The maximum absolute atomic E-state index is 13.1. The standard InChI is InChI=1S/C12H7ClFN3O2S/c13-9-6-8(2-3-10(9)14)20(18,19)12-7-11-15-4-1-5-17(11)16-12/h1-7H. The zero-order valence-electron chi connectivity index (χ0n) is 9.86. The van der Waals surface area contributed by atoms with Gasteiger partial charge >= 0.3 is 0 Å². The minimum atomic E-state index is -3.86. The van der Waals surface area contributed by atoms with Gasteiger partial charge < -0.3 is 0 Å². The Bertz CT molecular complexity index is 875. The van der Waals surface area contributed by atoms with Crippen molar-refractivity contribution in [1.82, 2.24) is 14.6 Å². The van der Waals surface area contributed by atoms with Gasteiger partial charge in [0, 0.05) is 18.5 Å². The van der Waals surface area contributed by atoms with Crippen molar-refractivity contribution in [3.63, 3.8) is 0 Å². The van der Waals surface area contributed by atoms with Crippen LogP contribution in [0, 0.1) is 5.82 Å². The van der Waals surface area contributed by atoms with Gasteiger partial charge in [-0.25, -0.2) is 22.3 Å². The minimum absolute atomic E-state index is 0.118. The van der Waals surface area contributed by atoms with Gasteiger partial charge in [-0.2, -0.15) is 5.10 Å². The molecule has 3 aromatic rings. The predicted molar refractivity (Wildman–Crippen MR) is 69.8 cm³/mol. The fraction of sp³-hybridized carbons (Fsp3) is 0. The largest absolute Gasteiger partial charge is 0.237 e. The lowest BCUT2D eigenvalue weighted by atomic mass is 10.3. The van der Waals surface area contributed by atoms with Crippen LogP contribution in [0.25, 0.3) is 5.65 Å². The lowest BCUT2D eigenvalue weighted by Gasteiger charge is -2.01. The summed E-state index contributed by atoms with van der Waals surface area (Å²) >= 11 is 5.61. The summed E-state index contributed by atoms with van der Waals surface area (Å²) in [4.78, 5) is 3.87. The Hall–Kier alpha value is -1.99. The molecule has 2 aromatic heterocycles. The molecule has 102 valence electrons. The second kappa shape index (κ2) is 4.53. The summed E-state index contributed by atoms with van der Waals surface area (Å²) < 4.78 is 39.2. The number of rotatable bonds is 2. The van der Waals surface area contributed by atoms with E-state index >= 15 is 0 Å². The molecule has 8 heteroatoms. The Morgan fingerprint density at radius 3 is 2.75 bits per heavy atom. The van der Waals surface area contributed by atoms with Crippen LogP contribution in [0.3, 0.4) is 0 Å². The number of hydrogen-bond donors (Lipinski definition) is 0. The van der Waals surface area contributed by atoms with E-state index in [1.807, 2.05) is 0 Å². The van der Waals surface area contributed by atoms with Crippen LogP contribution < -0.4 is 0 Å². The Kier molecular flexibility index (Phi) is 2.95. The molecule has 0 bridgehead atoms. The molecule has 0 atom stereocenters. The molecule has 0 N–H and O–H groups in total. The molecule has 1 aromatic carbocycles. The fourth-order valence-corrected chi connectivity index (χ4v) is 3.17. The van der Waals surface area contributed by atoms with Gasteiger partial charge in [-0.1, -0.05) is 11.6 Å². The molecule has 0 radical (unpaired) electrons. The van der Waals surface area contributed by atoms with E-state index in [1.165, 1.54) is 16.8 Å². The molecule has 0 fully saturated rings. The van der Waals surface area contributed by atoms with Crippen LogP contribution in [0.5, 0.6) is 0 Å². The molecule has 0 saturated carbocycles. The summed E-state index contributed by atoms with van der Waals surface area (Å²) in [5, 5.41) is 3.52. The molecule has 0 saturated heterocycles. The third kappa shape index (κ3) is 2.04. The van der Waals surface area contributed by atoms with Crippen molar-refractivity contribution in [1.29, 1.82) is 0 Å². The number of sulfone groups is 1. The van der Waals surface area contributed by atoms with Crippen molar-refractivity contribution in [2.75, 3.05) is 0 Å². The molecular formula is C12H7ClFN3O2S. The summed E-state index contributed by atoms with van der Waals surface area (Å²) in [5.41, 5.74) is 0.402. The van der Waals surface area contributed by atoms with Crippen LogP contribution in [0.15, 0.2) is 52.6 Å². The maximum Gasteiger partial charge on any atom is 0.225 e. The number of fused-ring (bicyclic) bond motifs is 1. The molecule has 0 amide bonds. The van der Waals surface area contributed by atoms with Crippen LogP contribution >= 0.6 is 11.6 Å². The van der Waals surface area contributed by atoms with E-state index in [2.05, 4.69) is 10.1 Å². The van der Waals surface area contributed by atoms with Crippen molar-refractivity contribution < 1.29 is 12.8 Å². The van der Waals surface area contributed by atoms with Crippen molar-refractivity contribution in [3.8, 4) is 0 Å². The molecule has 2 heterocycles. The van der Waals surface area contributed by atoms with E-state index < -0.39 is 15.7 Å². The third-order valence-electron chi connectivity index (χ3n) is 2.69. The highest BCUT2D eigenvalue weighted by Gasteiger charge is 2.22. The van der Waals surface area contributed by atoms with E-state index in [1.54, 1.807) is 12.3 Å². The Labute approximate surface area is 118 Å². The van der Waals surface area contributed by atoms with Gasteiger partial charge in [-0.05, 0) is 24.3 Å². The van der Waals surface area contributed by atoms with Crippen LogP contribution in [-0.4, -0.2) is 23.0 Å². The third-order valence-corrected chi connectivity index (χ3v) is 4.60.